The van der Waals surface area contributed by atoms with E-state index >= 15 is 0 Å². The highest BCUT2D eigenvalue weighted by Gasteiger charge is 2.74. The van der Waals surface area contributed by atoms with Crippen LogP contribution in [0.5, 0.6) is 11.5 Å². The number of methoxy groups -OCH3 is 2. The second-order valence-electron chi connectivity index (χ2n) is 22.1. The number of aliphatic hydroxyl groups excluding tert-OH is 2. The molecule has 3 aliphatic carbocycles. The molecule has 4 aromatic rings. The number of hydrogen-bond acceptors (Lipinski definition) is 8. The van der Waals surface area contributed by atoms with Crippen molar-refractivity contribution in [3.63, 3.8) is 0 Å². The summed E-state index contributed by atoms with van der Waals surface area (Å²) in [5.74, 6) is 8.34. The molecular formula is C54H72N4O4. The number of ether oxygens (including phenoxy) is 2. The molecule has 11 rings (SSSR count). The van der Waals surface area contributed by atoms with E-state index < -0.39 is 12.2 Å². The number of aromatic nitrogens is 2. The minimum atomic E-state index is -0.493. The van der Waals surface area contributed by atoms with Crippen molar-refractivity contribution >= 4 is 21.8 Å². The largest absolute Gasteiger partial charge is 0.497 e. The van der Waals surface area contributed by atoms with Crippen LogP contribution in [-0.2, 0) is 0 Å². The molecule has 3 saturated carbocycles. The Bertz CT molecular complexity index is 2270. The van der Waals surface area contributed by atoms with Gasteiger partial charge in [0.25, 0.3) is 0 Å². The molecule has 4 saturated heterocycles. The number of rotatable bonds is 16. The molecule has 13 atom stereocenters. The Balaban J connectivity index is 0.661. The number of benzene rings is 2. The van der Waals surface area contributed by atoms with E-state index in [2.05, 4.69) is 33.6 Å². The zero-order chi connectivity index (χ0) is 42.3. The Kier molecular flexibility index (Phi) is 10.9. The zero-order valence-corrected chi connectivity index (χ0v) is 37.9. The van der Waals surface area contributed by atoms with Gasteiger partial charge < -0.3 is 19.7 Å². The van der Waals surface area contributed by atoms with Crippen LogP contribution in [0.4, 0.5) is 0 Å². The van der Waals surface area contributed by atoms with E-state index in [1.807, 2.05) is 60.9 Å². The Hall–Kier alpha value is -3.30. The van der Waals surface area contributed by atoms with Gasteiger partial charge in [0, 0.05) is 59.4 Å². The summed E-state index contributed by atoms with van der Waals surface area (Å²) in [5, 5.41) is 25.6. The third kappa shape index (κ3) is 7.16. The highest BCUT2D eigenvalue weighted by Crippen LogP contribution is 2.70. The van der Waals surface area contributed by atoms with Crippen LogP contribution in [0, 0.1) is 47.3 Å². The highest BCUT2D eigenvalue weighted by atomic mass is 16.5. The van der Waals surface area contributed by atoms with Gasteiger partial charge in [0.1, 0.15) is 11.5 Å². The smallest absolute Gasteiger partial charge is 0.119 e. The molecule has 2 aromatic heterocycles. The summed E-state index contributed by atoms with van der Waals surface area (Å²) < 4.78 is 11.1. The summed E-state index contributed by atoms with van der Waals surface area (Å²) in [6.45, 7) is 7.21. The van der Waals surface area contributed by atoms with Gasteiger partial charge in [0.15, 0.2) is 0 Å². The van der Waals surface area contributed by atoms with E-state index in [0.29, 0.717) is 11.1 Å². The number of pyridine rings is 2. The minimum absolute atomic E-state index is 0.210. The van der Waals surface area contributed by atoms with Crippen LogP contribution in [0.2, 0.25) is 0 Å². The molecule has 0 bridgehead atoms. The summed E-state index contributed by atoms with van der Waals surface area (Å²) in [6, 6.07) is 16.5. The van der Waals surface area contributed by atoms with Gasteiger partial charge in [-0.1, -0.05) is 65.2 Å². The standard InChI is InChI=1S/C54H72N4O4/c1-33(2)23-36-14-12-34(7-5-9-37-31-57-49(29-53(57)27-45(37)53)51(59)41-19-21-55-47-17-15-39(61-3)25-43(41)47)11-13-35(24-36)8-6-10-38-32-58-50(30-54(58)28-46(38)54)52(60)42-20-22-56-48-18-16-40(62-4)26-44(42)48/h15-22,25-26,33-38,45-46,49-52,59-60H,5-14,23-24,27-32H2,1-4H3. The lowest BCUT2D eigenvalue weighted by Gasteiger charge is -2.50. The summed E-state index contributed by atoms with van der Waals surface area (Å²) in [7, 11) is 3.41. The predicted octanol–water partition coefficient (Wildman–Crippen LogP) is 10.7. The third-order valence-corrected chi connectivity index (χ3v) is 18.4. The van der Waals surface area contributed by atoms with Gasteiger partial charge in [0.05, 0.1) is 37.5 Å². The van der Waals surface area contributed by atoms with Crippen molar-refractivity contribution in [2.24, 2.45) is 47.3 Å². The fraction of sp³-hybridized carbons (Fsp3) is 0.667. The second kappa shape index (κ2) is 16.3. The Morgan fingerprint density at radius 2 is 1.11 bits per heavy atom. The molecule has 2 N–H and O–H groups in total. The van der Waals surface area contributed by atoms with E-state index in [0.717, 1.165) is 105 Å². The molecule has 62 heavy (non-hydrogen) atoms. The average molecular weight is 841 g/mol. The zero-order valence-electron chi connectivity index (χ0n) is 37.9. The maximum absolute atomic E-state index is 11.8. The summed E-state index contributed by atoms with van der Waals surface area (Å²) >= 11 is 0. The van der Waals surface area contributed by atoms with Crippen molar-refractivity contribution in [2.75, 3.05) is 27.3 Å². The highest BCUT2D eigenvalue weighted by molar-refractivity contribution is 5.85. The van der Waals surface area contributed by atoms with E-state index in [9.17, 15) is 10.2 Å². The molecule has 332 valence electrons. The number of fused-ring (bicyclic) bond motifs is 2. The molecule has 4 aliphatic heterocycles. The van der Waals surface area contributed by atoms with Crippen LogP contribution in [0.3, 0.4) is 0 Å². The SMILES string of the molecule is COc1ccc2nccc(C(O)C3CC45CC4C(CCCC4CCC(CCCC6CN7C(C(O)c8ccnc9ccc(OC)cc89)CC78CC68)CC(CC(C)C)CC4)CN35)c2c1. The lowest BCUT2D eigenvalue weighted by atomic mass is 9.74. The molecule has 6 heterocycles. The van der Waals surface area contributed by atoms with Crippen LogP contribution >= 0.6 is 0 Å². The van der Waals surface area contributed by atoms with Gasteiger partial charge in [-0.25, -0.2) is 0 Å². The number of piperidine rings is 2. The molecule has 8 nitrogen and oxygen atoms in total. The van der Waals surface area contributed by atoms with E-state index in [-0.39, 0.29) is 12.1 Å². The topological polar surface area (TPSA) is 91.2 Å². The molecule has 2 aromatic carbocycles. The lowest BCUT2D eigenvalue weighted by Crippen LogP contribution is -2.58. The molecule has 2 spiro atoms. The van der Waals surface area contributed by atoms with Crippen LogP contribution in [-0.4, -0.2) is 80.5 Å². The maximum atomic E-state index is 11.8. The molecule has 0 radical (unpaired) electrons. The summed E-state index contributed by atoms with van der Waals surface area (Å²) in [5.41, 5.74) is 4.61. The van der Waals surface area contributed by atoms with Gasteiger partial charge in [-0.2, -0.15) is 0 Å². The Labute approximate surface area is 370 Å². The average Bonchev–Trinajstić information content (AvgIpc) is 4.18. The second-order valence-corrected chi connectivity index (χ2v) is 22.1. The van der Waals surface area contributed by atoms with Crippen LogP contribution in [0.15, 0.2) is 60.9 Å². The molecule has 0 amide bonds. The van der Waals surface area contributed by atoms with Gasteiger partial charge in [-0.05, 0) is 158 Å². The van der Waals surface area contributed by atoms with Crippen molar-refractivity contribution in [1.82, 2.24) is 19.8 Å². The normalized spacial score (nSPS) is 35.8. The molecular weight excluding hydrogens is 769 g/mol. The van der Waals surface area contributed by atoms with Crippen molar-refractivity contribution in [3.8, 4) is 11.5 Å². The molecule has 8 heteroatoms. The van der Waals surface area contributed by atoms with Gasteiger partial charge >= 0.3 is 0 Å². The van der Waals surface area contributed by atoms with Gasteiger partial charge in [0.2, 0.25) is 0 Å². The first-order chi connectivity index (χ1) is 30.2. The summed E-state index contributed by atoms with van der Waals surface area (Å²) in [4.78, 5) is 14.6. The Morgan fingerprint density at radius 1 is 0.629 bits per heavy atom. The van der Waals surface area contributed by atoms with Crippen LogP contribution in [0.25, 0.3) is 21.8 Å². The van der Waals surface area contributed by atoms with Gasteiger partial charge in [-0.15, -0.1) is 0 Å². The van der Waals surface area contributed by atoms with E-state index in [4.69, 9.17) is 9.47 Å². The van der Waals surface area contributed by atoms with Crippen LogP contribution < -0.4 is 9.47 Å². The van der Waals surface area contributed by atoms with E-state index in [1.165, 1.54) is 103 Å². The molecule has 13 unspecified atom stereocenters. The van der Waals surface area contributed by atoms with Crippen molar-refractivity contribution in [2.45, 2.75) is 152 Å². The summed E-state index contributed by atoms with van der Waals surface area (Å²) in [6.07, 6.45) is 24.5. The number of nitrogens with zero attached hydrogens (tertiary/aromatic N) is 4. The first kappa shape index (κ1) is 41.4. The van der Waals surface area contributed by atoms with Gasteiger partial charge in [-0.3, -0.25) is 19.8 Å². The Morgan fingerprint density at radius 3 is 1.61 bits per heavy atom. The first-order valence-corrected chi connectivity index (χ1v) is 24.9. The first-order valence-electron chi connectivity index (χ1n) is 24.9. The monoisotopic (exact) mass is 841 g/mol. The molecule has 7 fully saturated rings. The predicted molar refractivity (Wildman–Crippen MR) is 246 cm³/mol. The quantitative estimate of drug-likeness (QED) is 0.115. The van der Waals surface area contributed by atoms with Crippen LogP contribution in [0.1, 0.15) is 140 Å². The fourth-order valence-electron chi connectivity index (χ4n) is 15.2. The maximum Gasteiger partial charge on any atom is 0.119 e. The number of hydrogen-bond donors (Lipinski definition) is 2. The fourth-order valence-corrected chi connectivity index (χ4v) is 15.2. The minimum Gasteiger partial charge on any atom is -0.497 e. The van der Waals surface area contributed by atoms with Crippen molar-refractivity contribution in [3.05, 3.63) is 72.1 Å². The number of aliphatic hydroxyl groups is 2. The molecule has 7 aliphatic rings. The van der Waals surface area contributed by atoms with Crippen molar-refractivity contribution < 1.29 is 19.7 Å². The lowest BCUT2D eigenvalue weighted by molar-refractivity contribution is -0.0621. The third-order valence-electron chi connectivity index (χ3n) is 18.4. The van der Waals surface area contributed by atoms with E-state index in [1.54, 1.807) is 14.2 Å². The van der Waals surface area contributed by atoms with Crippen molar-refractivity contribution in [1.29, 1.82) is 0 Å².